The highest BCUT2D eigenvalue weighted by Gasteiger charge is 2.08. The van der Waals surface area contributed by atoms with Crippen molar-refractivity contribution in [1.29, 1.82) is 5.26 Å². The van der Waals surface area contributed by atoms with Crippen LogP contribution in [-0.2, 0) is 0 Å². The van der Waals surface area contributed by atoms with Crippen molar-refractivity contribution in [2.75, 3.05) is 0 Å². The van der Waals surface area contributed by atoms with Gasteiger partial charge in [0.2, 0.25) is 0 Å². The van der Waals surface area contributed by atoms with Crippen molar-refractivity contribution in [3.8, 4) is 17.4 Å². The summed E-state index contributed by atoms with van der Waals surface area (Å²) in [6.45, 7) is 0. The largest absolute Gasteiger partial charge is 0.478 e. The molecule has 2 aromatic carbocycles. The number of rotatable bonds is 4. The minimum absolute atomic E-state index is 0.177. The smallest absolute Gasteiger partial charge is 0.335 e. The van der Waals surface area contributed by atoms with Crippen LogP contribution in [0.15, 0.2) is 69.6 Å². The molecule has 0 aliphatic heterocycles. The van der Waals surface area contributed by atoms with Gasteiger partial charge in [-0.3, -0.25) is 0 Å². The number of aromatic carboxylic acids is 1. The first-order valence-corrected chi connectivity index (χ1v) is 8.17. The zero-order valence-electron chi connectivity index (χ0n) is 12.9. The minimum atomic E-state index is -1.00. The third-order valence-electron chi connectivity index (χ3n) is 3.61. The Morgan fingerprint density at radius 3 is 2.24 bits per heavy atom. The van der Waals surface area contributed by atoms with E-state index in [1.165, 1.54) is 12.1 Å². The Labute approximate surface area is 152 Å². The Morgan fingerprint density at radius 2 is 1.64 bits per heavy atom. The Bertz CT molecular complexity index is 977. The minimum Gasteiger partial charge on any atom is -0.478 e. The Kier molecular flexibility index (Phi) is 4.82. The molecular weight excluding hydrogens is 382 g/mol. The van der Waals surface area contributed by atoms with E-state index in [1.54, 1.807) is 24.3 Å². The van der Waals surface area contributed by atoms with Crippen LogP contribution in [-0.4, -0.2) is 11.1 Å². The van der Waals surface area contributed by atoms with Gasteiger partial charge in [0, 0.05) is 10.0 Å². The van der Waals surface area contributed by atoms with Crippen molar-refractivity contribution in [1.82, 2.24) is 0 Å². The van der Waals surface area contributed by atoms with Gasteiger partial charge in [-0.15, -0.1) is 0 Å². The molecule has 0 saturated carbocycles. The monoisotopic (exact) mass is 393 g/mol. The molecule has 1 heterocycles. The van der Waals surface area contributed by atoms with Gasteiger partial charge in [0.15, 0.2) is 0 Å². The van der Waals surface area contributed by atoms with E-state index in [2.05, 4.69) is 22.0 Å². The number of furan rings is 1. The molecule has 5 heteroatoms. The lowest BCUT2D eigenvalue weighted by atomic mass is 10.0. The van der Waals surface area contributed by atoms with Crippen molar-refractivity contribution >= 4 is 33.5 Å². The van der Waals surface area contributed by atoms with Crippen molar-refractivity contribution in [2.24, 2.45) is 0 Å². The van der Waals surface area contributed by atoms with Gasteiger partial charge in [0.1, 0.15) is 11.5 Å². The van der Waals surface area contributed by atoms with E-state index in [0.717, 1.165) is 10.0 Å². The van der Waals surface area contributed by atoms with Gasteiger partial charge >= 0.3 is 5.97 Å². The third-order valence-corrected chi connectivity index (χ3v) is 4.13. The number of nitriles is 1. The second kappa shape index (κ2) is 7.20. The van der Waals surface area contributed by atoms with Gasteiger partial charge in [0.25, 0.3) is 0 Å². The molecule has 4 nitrogen and oxygen atoms in total. The highest BCUT2D eigenvalue weighted by Crippen LogP contribution is 2.26. The van der Waals surface area contributed by atoms with Gasteiger partial charge in [-0.1, -0.05) is 40.2 Å². The molecule has 0 fully saturated rings. The summed E-state index contributed by atoms with van der Waals surface area (Å²) in [4.78, 5) is 10.9. The van der Waals surface area contributed by atoms with E-state index >= 15 is 0 Å². The van der Waals surface area contributed by atoms with Gasteiger partial charge in [-0.05, 0) is 48.0 Å². The molecule has 0 bridgehead atoms. The zero-order chi connectivity index (χ0) is 17.8. The fraction of sp³-hybridized carbons (Fsp3) is 0. The van der Waals surface area contributed by atoms with Crippen molar-refractivity contribution in [2.45, 2.75) is 0 Å². The van der Waals surface area contributed by atoms with E-state index in [0.29, 0.717) is 22.7 Å². The van der Waals surface area contributed by atoms with Crippen LogP contribution in [0.1, 0.15) is 21.7 Å². The number of carbonyl (C=O) groups is 1. The van der Waals surface area contributed by atoms with Crippen LogP contribution in [0.25, 0.3) is 23.0 Å². The Morgan fingerprint density at radius 1 is 1.00 bits per heavy atom. The van der Waals surface area contributed by atoms with Crippen LogP contribution in [0, 0.1) is 11.3 Å². The lowest BCUT2D eigenvalue weighted by Gasteiger charge is -2.00. The zero-order valence-corrected chi connectivity index (χ0v) is 14.5. The number of hydrogen-bond donors (Lipinski definition) is 1. The molecule has 1 N–H and O–H groups in total. The predicted octanol–water partition coefficient (Wildman–Crippen LogP) is 5.47. The highest BCUT2D eigenvalue weighted by molar-refractivity contribution is 9.10. The van der Waals surface area contributed by atoms with E-state index in [-0.39, 0.29) is 5.56 Å². The second-order valence-electron chi connectivity index (χ2n) is 5.26. The summed E-state index contributed by atoms with van der Waals surface area (Å²) in [6, 6.07) is 19.6. The number of benzene rings is 2. The number of carboxylic acids is 1. The number of halogens is 1. The average molecular weight is 394 g/mol. The van der Waals surface area contributed by atoms with Crippen LogP contribution >= 0.6 is 15.9 Å². The van der Waals surface area contributed by atoms with E-state index in [9.17, 15) is 10.1 Å². The molecule has 3 aromatic rings. The van der Waals surface area contributed by atoms with Crippen molar-refractivity contribution in [3.63, 3.8) is 0 Å². The first-order chi connectivity index (χ1) is 12.1. The van der Waals surface area contributed by atoms with Crippen LogP contribution in [0.2, 0.25) is 0 Å². The summed E-state index contributed by atoms with van der Waals surface area (Å²) < 4.78 is 6.77. The first kappa shape index (κ1) is 16.7. The summed E-state index contributed by atoms with van der Waals surface area (Å²) >= 11 is 3.39. The molecule has 1 aromatic heterocycles. The van der Waals surface area contributed by atoms with Gasteiger partial charge in [-0.2, -0.15) is 5.26 Å². The fourth-order valence-electron chi connectivity index (χ4n) is 2.31. The van der Waals surface area contributed by atoms with Gasteiger partial charge in [0.05, 0.1) is 17.2 Å². The van der Waals surface area contributed by atoms with Crippen molar-refractivity contribution in [3.05, 3.63) is 82.0 Å². The number of hydrogen-bond acceptors (Lipinski definition) is 3. The van der Waals surface area contributed by atoms with Gasteiger partial charge in [-0.25, -0.2) is 4.79 Å². The molecule has 0 unspecified atom stereocenters. The van der Waals surface area contributed by atoms with E-state index in [1.807, 2.05) is 30.3 Å². The molecule has 0 saturated heterocycles. The maximum Gasteiger partial charge on any atom is 0.335 e. The van der Waals surface area contributed by atoms with E-state index in [4.69, 9.17) is 9.52 Å². The highest BCUT2D eigenvalue weighted by atomic mass is 79.9. The summed E-state index contributed by atoms with van der Waals surface area (Å²) in [6.07, 6.45) is 1.64. The maximum absolute atomic E-state index is 10.9. The van der Waals surface area contributed by atoms with E-state index < -0.39 is 5.97 Å². The first-order valence-electron chi connectivity index (χ1n) is 7.38. The van der Waals surface area contributed by atoms with Gasteiger partial charge < -0.3 is 9.52 Å². The SMILES string of the molecule is N#CC(=Cc1ccc(-c2ccc(Br)cc2)o1)c1ccc(C(=O)O)cc1. The molecular formula is C20H12BrNO3. The average Bonchev–Trinajstić information content (AvgIpc) is 3.09. The van der Waals surface area contributed by atoms with Crippen LogP contribution < -0.4 is 0 Å². The summed E-state index contributed by atoms with van der Waals surface area (Å²) in [5, 5.41) is 18.3. The molecule has 0 amide bonds. The number of allylic oxidation sites excluding steroid dienone is 1. The molecule has 0 radical (unpaired) electrons. The standard InChI is InChI=1S/C20H12BrNO3/c21-17-7-5-14(6-8-17)19-10-9-18(25-19)11-16(12-22)13-1-3-15(4-2-13)20(23)24/h1-11H,(H,23,24). The summed E-state index contributed by atoms with van der Waals surface area (Å²) in [7, 11) is 0. The molecule has 3 rings (SSSR count). The third kappa shape index (κ3) is 3.87. The maximum atomic E-state index is 10.9. The summed E-state index contributed by atoms with van der Waals surface area (Å²) in [5.74, 6) is 0.258. The quantitative estimate of drug-likeness (QED) is 0.596. The number of nitrogens with zero attached hydrogens (tertiary/aromatic N) is 1. The molecule has 0 aliphatic rings. The van der Waals surface area contributed by atoms with Crippen LogP contribution in [0.3, 0.4) is 0 Å². The second-order valence-corrected chi connectivity index (χ2v) is 6.18. The van der Waals surface area contributed by atoms with Crippen molar-refractivity contribution < 1.29 is 14.3 Å². The number of carboxylic acid groups (broad SMARTS) is 1. The fourth-order valence-corrected chi connectivity index (χ4v) is 2.58. The lowest BCUT2D eigenvalue weighted by Crippen LogP contribution is -1.95. The molecule has 122 valence electrons. The topological polar surface area (TPSA) is 74.2 Å². The molecule has 0 spiro atoms. The van der Waals surface area contributed by atoms with Crippen LogP contribution in [0.5, 0.6) is 0 Å². The Balaban J connectivity index is 1.89. The molecule has 0 aliphatic carbocycles. The summed E-state index contributed by atoms with van der Waals surface area (Å²) in [5.41, 5.74) is 2.14. The predicted molar refractivity (Wildman–Crippen MR) is 98.7 cm³/mol. The molecule has 0 atom stereocenters. The van der Waals surface area contributed by atoms with Crippen LogP contribution in [0.4, 0.5) is 0 Å². The normalized spacial score (nSPS) is 11.1. The molecule has 25 heavy (non-hydrogen) atoms. The Hall–Kier alpha value is -3.10. The lowest BCUT2D eigenvalue weighted by molar-refractivity contribution is 0.0697.